The van der Waals surface area contributed by atoms with Crippen molar-refractivity contribution in [3.05, 3.63) is 12.2 Å². The van der Waals surface area contributed by atoms with Crippen LogP contribution in [0.3, 0.4) is 0 Å². The molecule has 0 radical (unpaired) electrons. The summed E-state index contributed by atoms with van der Waals surface area (Å²) in [4.78, 5) is 9.83. The first-order valence-corrected chi connectivity index (χ1v) is 18.1. The molecule has 0 amide bonds. The molecule has 0 aromatic heterocycles. The standard InChI is InChI=1S/C30H60BN2O6PS/c1-4-5-6-7-8-9-10-11-12-13-14-17-20-23-32-30(41)33-24-21-18-15-16-19-22-26-28(39-40(34,35)37-3)27(25-36-2)38-29(26)31/h16,19,26-29H,4-15,17-18,20-25,31H2,1-3H3,(H,34,35)(H2,32,33,41)/b19-16+/t26-,27+,28?,29+/m0/s1. The maximum atomic E-state index is 12.0. The number of thiocarbonyl (C=S) groups is 1. The minimum atomic E-state index is -4.12. The van der Waals surface area contributed by atoms with Gasteiger partial charge in [0, 0.05) is 39.2 Å². The SMILES string of the molecule is B[C@@H]1O[C@H](COC)C(OP(=O)(O)OC)[C@@H]1C/C=C/CCCCNC(=S)NCCCCCCCCCCCCCCC. The number of hydrogen-bond acceptors (Lipinski definition) is 6. The molecule has 1 heterocycles. The van der Waals surface area contributed by atoms with E-state index in [1.165, 1.54) is 90.6 Å². The summed E-state index contributed by atoms with van der Waals surface area (Å²) < 4.78 is 33.2. The molecule has 1 fully saturated rings. The van der Waals surface area contributed by atoms with E-state index >= 15 is 0 Å². The minimum absolute atomic E-state index is 0.0537. The number of ether oxygens (including phenoxy) is 2. The van der Waals surface area contributed by atoms with E-state index in [0.717, 1.165) is 37.5 Å². The van der Waals surface area contributed by atoms with Crippen LogP contribution in [0.15, 0.2) is 12.2 Å². The smallest absolute Gasteiger partial charge is 0.382 e. The van der Waals surface area contributed by atoms with Gasteiger partial charge in [0.05, 0.1) is 6.61 Å². The molecule has 1 saturated heterocycles. The van der Waals surface area contributed by atoms with Gasteiger partial charge in [-0.25, -0.2) is 4.57 Å². The number of nitrogens with one attached hydrogen (secondary N) is 2. The number of methoxy groups -OCH3 is 1. The third-order valence-corrected chi connectivity index (χ3v) is 9.08. The van der Waals surface area contributed by atoms with Gasteiger partial charge in [-0.1, -0.05) is 96.1 Å². The van der Waals surface area contributed by atoms with Crippen LogP contribution in [-0.2, 0) is 23.1 Å². The first kappa shape index (κ1) is 38.5. The van der Waals surface area contributed by atoms with Crippen LogP contribution < -0.4 is 10.6 Å². The molecule has 0 aromatic rings. The maximum absolute atomic E-state index is 12.0. The number of hydrogen-bond donors (Lipinski definition) is 3. The summed E-state index contributed by atoms with van der Waals surface area (Å²) in [7, 11) is 0.581. The Morgan fingerprint density at radius 1 is 0.902 bits per heavy atom. The predicted molar refractivity (Wildman–Crippen MR) is 176 cm³/mol. The molecule has 1 aliphatic heterocycles. The summed E-state index contributed by atoms with van der Waals surface area (Å²) in [5, 5.41) is 7.40. The average molecular weight is 619 g/mol. The van der Waals surface area contributed by atoms with Gasteiger partial charge in [-0.05, 0) is 44.3 Å². The molecular formula is C30H60BN2O6PS. The van der Waals surface area contributed by atoms with Crippen LogP contribution in [0.4, 0.5) is 0 Å². The Kier molecular flexibility index (Phi) is 23.4. The zero-order valence-corrected chi connectivity index (χ0v) is 28.2. The van der Waals surface area contributed by atoms with Crippen molar-refractivity contribution in [1.82, 2.24) is 10.6 Å². The average Bonchev–Trinajstić information content (AvgIpc) is 3.23. The van der Waals surface area contributed by atoms with E-state index in [1.54, 1.807) is 7.11 Å². The van der Waals surface area contributed by atoms with Gasteiger partial charge < -0.3 is 25.0 Å². The first-order chi connectivity index (χ1) is 19.8. The van der Waals surface area contributed by atoms with Gasteiger partial charge >= 0.3 is 7.82 Å². The molecule has 0 aromatic carbocycles. The van der Waals surface area contributed by atoms with E-state index in [0.29, 0.717) is 13.0 Å². The number of unbranched alkanes of at least 4 members (excludes halogenated alkanes) is 14. The molecule has 3 N–H and O–H groups in total. The number of rotatable bonds is 26. The van der Waals surface area contributed by atoms with Crippen molar-refractivity contribution in [3.63, 3.8) is 0 Å². The Morgan fingerprint density at radius 2 is 1.44 bits per heavy atom. The summed E-state index contributed by atoms with van der Waals surface area (Å²) in [6.45, 7) is 4.38. The van der Waals surface area contributed by atoms with Crippen molar-refractivity contribution >= 4 is 33.0 Å². The fourth-order valence-electron chi connectivity index (χ4n) is 5.33. The fraction of sp³-hybridized carbons (Fsp3) is 0.900. The molecule has 0 saturated carbocycles. The maximum Gasteiger partial charge on any atom is 0.472 e. The largest absolute Gasteiger partial charge is 0.472 e. The third-order valence-electron chi connectivity index (χ3n) is 7.82. The molecule has 240 valence electrons. The summed E-state index contributed by atoms with van der Waals surface area (Å²) in [6, 6.07) is -0.112. The summed E-state index contributed by atoms with van der Waals surface area (Å²) in [5.74, 6) is -0.0537. The number of allylic oxidation sites excluding steroid dienone is 2. The van der Waals surface area contributed by atoms with Crippen molar-refractivity contribution in [2.45, 2.75) is 134 Å². The molecule has 41 heavy (non-hydrogen) atoms. The molecule has 8 nitrogen and oxygen atoms in total. The normalized spacial score (nSPS) is 22.2. The van der Waals surface area contributed by atoms with Gasteiger partial charge in [0.2, 0.25) is 0 Å². The van der Waals surface area contributed by atoms with Crippen molar-refractivity contribution in [3.8, 4) is 0 Å². The van der Waals surface area contributed by atoms with Gasteiger partial charge in [-0.2, -0.15) is 0 Å². The van der Waals surface area contributed by atoms with Crippen molar-refractivity contribution in [2.24, 2.45) is 5.92 Å². The van der Waals surface area contributed by atoms with E-state index in [1.807, 2.05) is 7.85 Å². The Bertz CT molecular complexity index is 735. The molecule has 0 aliphatic carbocycles. The fourth-order valence-corrected chi connectivity index (χ4v) is 6.22. The summed E-state index contributed by atoms with van der Waals surface area (Å²) in [5.41, 5.74) is 0. The Hall–Kier alpha value is -0.475. The lowest BCUT2D eigenvalue weighted by molar-refractivity contribution is -0.0192. The highest BCUT2D eigenvalue weighted by atomic mass is 32.1. The lowest BCUT2D eigenvalue weighted by Gasteiger charge is -2.24. The van der Waals surface area contributed by atoms with E-state index in [9.17, 15) is 9.46 Å². The van der Waals surface area contributed by atoms with Crippen molar-refractivity contribution in [2.75, 3.05) is 33.9 Å². The molecule has 1 rings (SSSR count). The van der Waals surface area contributed by atoms with Crippen LogP contribution in [-0.4, -0.2) is 70.0 Å². The summed E-state index contributed by atoms with van der Waals surface area (Å²) in [6.07, 6.45) is 24.8. The molecule has 5 atom stereocenters. The Labute approximate surface area is 257 Å². The van der Waals surface area contributed by atoms with E-state index in [4.69, 9.17) is 26.2 Å². The first-order valence-electron chi connectivity index (χ1n) is 16.2. The molecular weight excluding hydrogens is 558 g/mol. The van der Waals surface area contributed by atoms with Crippen LogP contribution in [0.25, 0.3) is 0 Å². The molecule has 11 heteroatoms. The molecule has 2 unspecified atom stereocenters. The molecule has 0 spiro atoms. The second-order valence-electron chi connectivity index (χ2n) is 11.3. The van der Waals surface area contributed by atoms with E-state index in [2.05, 4.69) is 34.2 Å². The van der Waals surface area contributed by atoms with Crippen LogP contribution in [0, 0.1) is 5.92 Å². The molecule has 1 aliphatic rings. The van der Waals surface area contributed by atoms with Crippen LogP contribution in [0.5, 0.6) is 0 Å². The minimum Gasteiger partial charge on any atom is -0.382 e. The van der Waals surface area contributed by atoms with Crippen LogP contribution in [0.1, 0.15) is 116 Å². The third kappa shape index (κ3) is 19.4. The molecule has 0 bridgehead atoms. The summed E-state index contributed by atoms with van der Waals surface area (Å²) >= 11 is 5.41. The highest BCUT2D eigenvalue weighted by Gasteiger charge is 2.45. The topological polar surface area (TPSA) is 98.3 Å². The lowest BCUT2D eigenvalue weighted by Crippen LogP contribution is -2.36. The van der Waals surface area contributed by atoms with E-state index < -0.39 is 20.0 Å². The lowest BCUT2D eigenvalue weighted by atomic mass is 9.82. The van der Waals surface area contributed by atoms with Gasteiger partial charge in [0.15, 0.2) is 5.11 Å². The Morgan fingerprint density at radius 3 is 1.98 bits per heavy atom. The van der Waals surface area contributed by atoms with Gasteiger partial charge in [0.25, 0.3) is 0 Å². The van der Waals surface area contributed by atoms with Crippen LogP contribution >= 0.6 is 20.0 Å². The van der Waals surface area contributed by atoms with Crippen molar-refractivity contribution in [1.29, 1.82) is 0 Å². The highest BCUT2D eigenvalue weighted by molar-refractivity contribution is 7.80. The van der Waals surface area contributed by atoms with E-state index in [-0.39, 0.29) is 11.9 Å². The monoisotopic (exact) mass is 618 g/mol. The quantitative estimate of drug-likeness (QED) is 0.0334. The van der Waals surface area contributed by atoms with Gasteiger partial charge in [0.1, 0.15) is 20.1 Å². The second-order valence-corrected chi connectivity index (χ2v) is 13.3. The number of phosphoric acid groups is 1. The van der Waals surface area contributed by atoms with Gasteiger partial charge in [-0.3, -0.25) is 9.05 Å². The number of phosphoric ester groups is 1. The zero-order chi connectivity index (χ0) is 30.2. The highest BCUT2D eigenvalue weighted by Crippen LogP contribution is 2.48. The van der Waals surface area contributed by atoms with Crippen molar-refractivity contribution < 1.29 is 28.0 Å². The van der Waals surface area contributed by atoms with Gasteiger partial charge in [-0.15, -0.1) is 0 Å². The zero-order valence-electron chi connectivity index (χ0n) is 26.5. The predicted octanol–water partition coefficient (Wildman–Crippen LogP) is 6.41. The Balaban J connectivity index is 2.02. The second kappa shape index (κ2) is 24.9. The van der Waals surface area contributed by atoms with Crippen LogP contribution in [0.2, 0.25) is 0 Å².